The summed E-state index contributed by atoms with van der Waals surface area (Å²) < 4.78 is 2.45. The molecule has 2 aliphatic heterocycles. The van der Waals surface area contributed by atoms with Crippen LogP contribution in [0, 0.1) is 0 Å². The lowest BCUT2D eigenvalue weighted by Crippen LogP contribution is -2.19. The number of nitrogens with one attached hydrogen (secondary N) is 1. The summed E-state index contributed by atoms with van der Waals surface area (Å²) in [7, 11) is 0. The van der Waals surface area contributed by atoms with E-state index in [0.717, 1.165) is 25.9 Å². The summed E-state index contributed by atoms with van der Waals surface area (Å²) >= 11 is 1.99. The van der Waals surface area contributed by atoms with Gasteiger partial charge in [-0.1, -0.05) is 18.9 Å². The molecule has 1 aliphatic carbocycles. The summed E-state index contributed by atoms with van der Waals surface area (Å²) in [5.74, 6) is 0. The number of thioether (sulfide) groups is 1. The molecule has 1 aromatic heterocycles. The van der Waals surface area contributed by atoms with Crippen molar-refractivity contribution in [1.29, 1.82) is 0 Å². The van der Waals surface area contributed by atoms with E-state index in [1.165, 1.54) is 37.8 Å². The van der Waals surface area contributed by atoms with Crippen molar-refractivity contribution in [3.8, 4) is 0 Å². The van der Waals surface area contributed by atoms with E-state index < -0.39 is 0 Å². The van der Waals surface area contributed by atoms with Crippen molar-refractivity contribution in [3.63, 3.8) is 0 Å². The SMILES string of the molecule is C1=CSC(c2c3c(nn2C2CCCC2)CCNCC3)C1. The minimum Gasteiger partial charge on any atom is -0.316 e. The van der Waals surface area contributed by atoms with Crippen molar-refractivity contribution in [2.75, 3.05) is 13.1 Å². The number of hydrogen-bond donors (Lipinski definition) is 1. The van der Waals surface area contributed by atoms with E-state index in [1.54, 1.807) is 11.3 Å². The Hall–Kier alpha value is -0.740. The second kappa shape index (κ2) is 5.57. The Bertz CT molecular complexity index is 506. The first-order chi connectivity index (χ1) is 9.93. The second-order valence-corrected chi connectivity index (χ2v) is 7.29. The highest BCUT2D eigenvalue weighted by Gasteiger charge is 2.30. The molecule has 4 rings (SSSR count). The minimum absolute atomic E-state index is 0.616. The number of hydrogen-bond acceptors (Lipinski definition) is 3. The van der Waals surface area contributed by atoms with Crippen LogP contribution in [-0.4, -0.2) is 22.9 Å². The van der Waals surface area contributed by atoms with Gasteiger partial charge < -0.3 is 5.32 Å². The van der Waals surface area contributed by atoms with Gasteiger partial charge in [0.05, 0.1) is 22.7 Å². The van der Waals surface area contributed by atoms with Gasteiger partial charge in [0.15, 0.2) is 0 Å². The van der Waals surface area contributed by atoms with Gasteiger partial charge in [-0.3, -0.25) is 4.68 Å². The van der Waals surface area contributed by atoms with Crippen molar-refractivity contribution in [2.45, 2.75) is 56.2 Å². The van der Waals surface area contributed by atoms with E-state index in [2.05, 4.69) is 21.5 Å². The van der Waals surface area contributed by atoms with Crippen LogP contribution >= 0.6 is 11.8 Å². The molecule has 1 fully saturated rings. The molecule has 0 amide bonds. The van der Waals surface area contributed by atoms with Crippen LogP contribution in [0.3, 0.4) is 0 Å². The maximum atomic E-state index is 5.07. The maximum Gasteiger partial charge on any atom is 0.0673 e. The van der Waals surface area contributed by atoms with Crippen LogP contribution in [0.25, 0.3) is 0 Å². The predicted molar refractivity (Wildman–Crippen MR) is 84.1 cm³/mol. The fraction of sp³-hybridized carbons (Fsp3) is 0.688. The van der Waals surface area contributed by atoms with Crippen molar-refractivity contribution < 1.29 is 0 Å². The molecule has 1 unspecified atom stereocenters. The Balaban J connectivity index is 1.76. The fourth-order valence-electron chi connectivity index (χ4n) is 3.88. The Labute approximate surface area is 125 Å². The maximum absolute atomic E-state index is 5.07. The van der Waals surface area contributed by atoms with Crippen molar-refractivity contribution >= 4 is 11.8 Å². The largest absolute Gasteiger partial charge is 0.316 e. The first kappa shape index (κ1) is 13.0. The zero-order valence-electron chi connectivity index (χ0n) is 12.0. The number of aromatic nitrogens is 2. The summed E-state index contributed by atoms with van der Waals surface area (Å²) in [6.45, 7) is 2.20. The van der Waals surface area contributed by atoms with E-state index in [4.69, 9.17) is 5.10 Å². The third-order valence-corrected chi connectivity index (χ3v) is 5.98. The number of allylic oxidation sites excluding steroid dienone is 1. The molecule has 1 N–H and O–H groups in total. The molecule has 20 heavy (non-hydrogen) atoms. The molecule has 0 aromatic carbocycles. The Morgan fingerprint density at radius 2 is 2.05 bits per heavy atom. The lowest BCUT2D eigenvalue weighted by Gasteiger charge is -2.19. The molecule has 1 saturated carbocycles. The molecule has 0 radical (unpaired) electrons. The van der Waals surface area contributed by atoms with Gasteiger partial charge in [-0.15, -0.1) is 11.8 Å². The Morgan fingerprint density at radius 1 is 1.20 bits per heavy atom. The summed E-state index contributed by atoms with van der Waals surface area (Å²) in [5, 5.41) is 11.5. The number of rotatable bonds is 2. The highest BCUT2D eigenvalue weighted by molar-refractivity contribution is 8.02. The fourth-order valence-corrected chi connectivity index (χ4v) is 4.89. The molecule has 4 heteroatoms. The molecule has 0 bridgehead atoms. The first-order valence-electron chi connectivity index (χ1n) is 8.05. The predicted octanol–water partition coefficient (Wildman–Crippen LogP) is 3.38. The van der Waals surface area contributed by atoms with Gasteiger partial charge in [-0.25, -0.2) is 0 Å². The van der Waals surface area contributed by atoms with E-state index in [-0.39, 0.29) is 0 Å². The third kappa shape index (κ3) is 2.23. The second-order valence-electron chi connectivity index (χ2n) is 6.18. The van der Waals surface area contributed by atoms with Crippen molar-refractivity contribution in [1.82, 2.24) is 15.1 Å². The lowest BCUT2D eigenvalue weighted by molar-refractivity contribution is 0.443. The van der Waals surface area contributed by atoms with Crippen molar-refractivity contribution in [3.05, 3.63) is 28.4 Å². The molecule has 108 valence electrons. The molecule has 1 atom stereocenters. The zero-order chi connectivity index (χ0) is 13.4. The third-order valence-electron chi connectivity index (χ3n) is 4.89. The summed E-state index contributed by atoms with van der Waals surface area (Å²) in [6.07, 6.45) is 11.2. The van der Waals surface area contributed by atoms with Crippen molar-refractivity contribution in [2.24, 2.45) is 0 Å². The number of nitrogens with zero attached hydrogens (tertiary/aromatic N) is 2. The van der Waals surface area contributed by atoms with E-state index >= 15 is 0 Å². The molecule has 3 heterocycles. The van der Waals surface area contributed by atoms with Crippen LogP contribution in [0.4, 0.5) is 0 Å². The standard InChI is InChI=1S/C16H23N3S/c1-2-5-12(4-1)19-16(15-6-3-11-20-15)13-7-9-17-10-8-14(13)18-19/h3,11-12,15,17H,1-2,4-10H2. The molecule has 1 aromatic rings. The van der Waals surface area contributed by atoms with Crippen LogP contribution in [-0.2, 0) is 12.8 Å². The van der Waals surface area contributed by atoms with Gasteiger partial charge >= 0.3 is 0 Å². The topological polar surface area (TPSA) is 29.9 Å². The summed E-state index contributed by atoms with van der Waals surface area (Å²) in [5.41, 5.74) is 4.51. The average Bonchev–Trinajstić information content (AvgIpc) is 3.16. The smallest absolute Gasteiger partial charge is 0.0673 e. The van der Waals surface area contributed by atoms with Crippen LogP contribution in [0.15, 0.2) is 11.5 Å². The van der Waals surface area contributed by atoms with Gasteiger partial charge in [0.1, 0.15) is 0 Å². The van der Waals surface area contributed by atoms with E-state index in [9.17, 15) is 0 Å². The average molecular weight is 289 g/mol. The Morgan fingerprint density at radius 3 is 2.85 bits per heavy atom. The van der Waals surface area contributed by atoms with Crippen LogP contribution < -0.4 is 5.32 Å². The molecule has 3 nitrogen and oxygen atoms in total. The van der Waals surface area contributed by atoms with Gasteiger partial charge in [0.2, 0.25) is 0 Å². The van der Waals surface area contributed by atoms with Gasteiger partial charge in [0, 0.05) is 13.0 Å². The van der Waals surface area contributed by atoms with Crippen LogP contribution in [0.2, 0.25) is 0 Å². The van der Waals surface area contributed by atoms with Crippen LogP contribution in [0.1, 0.15) is 60.3 Å². The monoisotopic (exact) mass is 289 g/mol. The summed E-state index contributed by atoms with van der Waals surface area (Å²) in [4.78, 5) is 0. The van der Waals surface area contributed by atoms with Gasteiger partial charge in [0.25, 0.3) is 0 Å². The minimum atomic E-state index is 0.616. The van der Waals surface area contributed by atoms with Gasteiger partial charge in [-0.05, 0) is 43.2 Å². The highest BCUT2D eigenvalue weighted by atomic mass is 32.2. The summed E-state index contributed by atoms with van der Waals surface area (Å²) in [6, 6.07) is 0.672. The molecule has 0 spiro atoms. The zero-order valence-corrected chi connectivity index (χ0v) is 12.8. The molecule has 3 aliphatic rings. The quantitative estimate of drug-likeness (QED) is 0.905. The molecular weight excluding hydrogens is 266 g/mol. The highest BCUT2D eigenvalue weighted by Crippen LogP contribution is 2.43. The molecular formula is C16H23N3S. The normalized spacial score (nSPS) is 26.9. The van der Waals surface area contributed by atoms with Gasteiger partial charge in [-0.2, -0.15) is 5.10 Å². The van der Waals surface area contributed by atoms with Crippen LogP contribution in [0.5, 0.6) is 0 Å². The number of fused-ring (bicyclic) bond motifs is 1. The Kier molecular flexibility index (Phi) is 3.61. The van der Waals surface area contributed by atoms with E-state index in [1.807, 2.05) is 11.8 Å². The van der Waals surface area contributed by atoms with E-state index in [0.29, 0.717) is 11.3 Å². The lowest BCUT2D eigenvalue weighted by atomic mass is 10.0. The molecule has 0 saturated heterocycles. The first-order valence-corrected chi connectivity index (χ1v) is 8.99.